The summed E-state index contributed by atoms with van der Waals surface area (Å²) in [5.74, 6) is 0.154. The number of hydrogen-bond donors (Lipinski definition) is 0. The number of carbonyl (C=O) groups excluding carboxylic acids is 1. The Balaban J connectivity index is 2.61. The minimum absolute atomic E-state index is 0.154. The average molecular weight is 318 g/mol. The van der Waals surface area contributed by atoms with E-state index in [0.29, 0.717) is 6.42 Å². The van der Waals surface area contributed by atoms with Crippen LogP contribution in [-0.4, -0.2) is 19.0 Å². The van der Waals surface area contributed by atoms with E-state index in [-0.39, 0.29) is 11.9 Å². The lowest BCUT2D eigenvalue weighted by Crippen LogP contribution is -2.23. The van der Waals surface area contributed by atoms with Crippen molar-refractivity contribution in [1.29, 1.82) is 0 Å². The lowest BCUT2D eigenvalue weighted by Gasteiger charge is -2.11. The second-order valence-electron chi connectivity index (χ2n) is 3.40. The van der Waals surface area contributed by atoms with Crippen LogP contribution >= 0.6 is 22.6 Å². The molecule has 0 saturated carbocycles. The molecule has 0 aliphatic rings. The first kappa shape index (κ1) is 12.6. The largest absolute Gasteiger partial charge is 0.374 e. The summed E-state index contributed by atoms with van der Waals surface area (Å²) in [6.07, 6.45) is 0.937. The average Bonchev–Trinajstić information content (AvgIpc) is 2.23. The SMILES string of the molecule is CCC(OC)C(=O)Cc1ccc(I)cc1. The van der Waals surface area contributed by atoms with Crippen LogP contribution in [0.2, 0.25) is 0 Å². The van der Waals surface area contributed by atoms with Crippen LogP contribution in [0.15, 0.2) is 24.3 Å². The number of ether oxygens (including phenoxy) is 1. The monoisotopic (exact) mass is 318 g/mol. The second-order valence-corrected chi connectivity index (χ2v) is 4.65. The quantitative estimate of drug-likeness (QED) is 0.781. The van der Waals surface area contributed by atoms with Gasteiger partial charge >= 0.3 is 0 Å². The van der Waals surface area contributed by atoms with Crippen molar-refractivity contribution in [3.05, 3.63) is 33.4 Å². The van der Waals surface area contributed by atoms with Gasteiger partial charge in [-0.1, -0.05) is 19.1 Å². The van der Waals surface area contributed by atoms with Gasteiger partial charge in [0.2, 0.25) is 0 Å². The number of rotatable bonds is 5. The van der Waals surface area contributed by atoms with E-state index in [2.05, 4.69) is 22.6 Å². The molecule has 1 unspecified atom stereocenters. The van der Waals surface area contributed by atoms with Gasteiger partial charge in [-0.15, -0.1) is 0 Å². The lowest BCUT2D eigenvalue weighted by molar-refractivity contribution is -0.128. The van der Waals surface area contributed by atoms with Crippen molar-refractivity contribution in [2.45, 2.75) is 25.9 Å². The molecule has 0 aromatic heterocycles. The first-order chi connectivity index (χ1) is 7.17. The maximum Gasteiger partial charge on any atom is 0.165 e. The summed E-state index contributed by atoms with van der Waals surface area (Å²) in [7, 11) is 1.58. The summed E-state index contributed by atoms with van der Waals surface area (Å²) >= 11 is 2.25. The molecule has 0 fully saturated rings. The minimum Gasteiger partial charge on any atom is -0.374 e. The molecule has 0 bridgehead atoms. The molecule has 2 nitrogen and oxygen atoms in total. The van der Waals surface area contributed by atoms with Gasteiger partial charge in [0.15, 0.2) is 5.78 Å². The molecule has 0 amide bonds. The first-order valence-electron chi connectivity index (χ1n) is 4.97. The molecule has 15 heavy (non-hydrogen) atoms. The van der Waals surface area contributed by atoms with Crippen LogP contribution in [0.1, 0.15) is 18.9 Å². The Kier molecular flexibility index (Phi) is 5.25. The standard InChI is InChI=1S/C12H15IO2/c1-3-12(15-2)11(14)8-9-4-6-10(13)7-5-9/h4-7,12H,3,8H2,1-2H3. The van der Waals surface area contributed by atoms with Crippen molar-refractivity contribution in [3.63, 3.8) is 0 Å². The minimum atomic E-state index is -0.260. The van der Waals surface area contributed by atoms with E-state index in [1.165, 1.54) is 3.57 Å². The molecular weight excluding hydrogens is 303 g/mol. The molecule has 0 heterocycles. The Labute approximate surface area is 104 Å². The number of benzene rings is 1. The highest BCUT2D eigenvalue weighted by atomic mass is 127. The third-order valence-corrected chi connectivity index (χ3v) is 3.03. The van der Waals surface area contributed by atoms with E-state index >= 15 is 0 Å². The van der Waals surface area contributed by atoms with Crippen LogP contribution in [0.5, 0.6) is 0 Å². The molecule has 3 heteroatoms. The second kappa shape index (κ2) is 6.23. The number of carbonyl (C=O) groups is 1. The molecule has 0 saturated heterocycles. The Morgan fingerprint density at radius 1 is 1.40 bits per heavy atom. The van der Waals surface area contributed by atoms with Crippen molar-refractivity contribution in [1.82, 2.24) is 0 Å². The Hall–Kier alpha value is -0.420. The number of ketones is 1. The Bertz CT molecular complexity index is 315. The fraction of sp³-hybridized carbons (Fsp3) is 0.417. The van der Waals surface area contributed by atoms with Crippen molar-refractivity contribution < 1.29 is 9.53 Å². The van der Waals surface area contributed by atoms with E-state index in [1.54, 1.807) is 7.11 Å². The third kappa shape index (κ3) is 3.91. The number of hydrogen-bond acceptors (Lipinski definition) is 2. The summed E-state index contributed by atoms with van der Waals surface area (Å²) in [6.45, 7) is 1.96. The highest BCUT2D eigenvalue weighted by Crippen LogP contribution is 2.09. The molecule has 0 radical (unpaired) electrons. The van der Waals surface area contributed by atoms with Gasteiger partial charge in [-0.2, -0.15) is 0 Å². The maximum absolute atomic E-state index is 11.7. The highest BCUT2D eigenvalue weighted by molar-refractivity contribution is 14.1. The molecule has 0 aliphatic carbocycles. The first-order valence-corrected chi connectivity index (χ1v) is 6.05. The van der Waals surface area contributed by atoms with E-state index < -0.39 is 0 Å². The highest BCUT2D eigenvalue weighted by Gasteiger charge is 2.15. The normalized spacial score (nSPS) is 12.5. The summed E-state index contributed by atoms with van der Waals surface area (Å²) in [4.78, 5) is 11.7. The van der Waals surface area contributed by atoms with Gasteiger partial charge in [-0.25, -0.2) is 0 Å². The van der Waals surface area contributed by atoms with Gasteiger partial charge in [-0.05, 0) is 46.7 Å². The van der Waals surface area contributed by atoms with Crippen LogP contribution < -0.4 is 0 Å². The summed E-state index contributed by atoms with van der Waals surface area (Å²) in [5, 5.41) is 0. The number of halogens is 1. The fourth-order valence-corrected chi connectivity index (χ4v) is 1.80. The Morgan fingerprint density at radius 2 is 2.00 bits per heavy atom. The van der Waals surface area contributed by atoms with E-state index in [0.717, 1.165) is 12.0 Å². The fourth-order valence-electron chi connectivity index (χ4n) is 1.44. The van der Waals surface area contributed by atoms with E-state index in [1.807, 2.05) is 31.2 Å². The zero-order valence-corrected chi connectivity index (χ0v) is 11.2. The third-order valence-electron chi connectivity index (χ3n) is 2.31. The molecule has 0 N–H and O–H groups in total. The molecule has 0 aliphatic heterocycles. The number of methoxy groups -OCH3 is 1. The van der Waals surface area contributed by atoms with Crippen molar-refractivity contribution in [2.75, 3.05) is 7.11 Å². The van der Waals surface area contributed by atoms with Crippen LogP contribution in [0.25, 0.3) is 0 Å². The lowest BCUT2D eigenvalue weighted by atomic mass is 10.0. The molecule has 1 aromatic rings. The van der Waals surface area contributed by atoms with Crippen molar-refractivity contribution >= 4 is 28.4 Å². The zero-order valence-electron chi connectivity index (χ0n) is 9.00. The van der Waals surface area contributed by atoms with Gasteiger partial charge in [0.05, 0.1) is 0 Å². The molecule has 1 rings (SSSR count). The summed E-state index contributed by atoms with van der Waals surface area (Å²) in [5.41, 5.74) is 1.05. The van der Waals surface area contributed by atoms with Gasteiger partial charge in [-0.3, -0.25) is 4.79 Å². The summed E-state index contributed by atoms with van der Waals surface area (Å²) < 4.78 is 6.29. The predicted molar refractivity (Wildman–Crippen MR) is 69.0 cm³/mol. The molecule has 0 spiro atoms. The topological polar surface area (TPSA) is 26.3 Å². The smallest absolute Gasteiger partial charge is 0.165 e. The van der Waals surface area contributed by atoms with Crippen LogP contribution in [0.3, 0.4) is 0 Å². The van der Waals surface area contributed by atoms with Crippen molar-refractivity contribution in [3.8, 4) is 0 Å². The van der Waals surface area contributed by atoms with Gasteiger partial charge < -0.3 is 4.74 Å². The van der Waals surface area contributed by atoms with Crippen LogP contribution in [0, 0.1) is 3.57 Å². The van der Waals surface area contributed by atoms with E-state index in [4.69, 9.17) is 4.74 Å². The van der Waals surface area contributed by atoms with E-state index in [9.17, 15) is 4.79 Å². The van der Waals surface area contributed by atoms with Crippen LogP contribution in [0.4, 0.5) is 0 Å². The molecule has 1 atom stereocenters. The molecule has 82 valence electrons. The molecular formula is C12H15IO2. The van der Waals surface area contributed by atoms with Gasteiger partial charge in [0.25, 0.3) is 0 Å². The van der Waals surface area contributed by atoms with Crippen LogP contribution in [-0.2, 0) is 16.0 Å². The zero-order chi connectivity index (χ0) is 11.3. The van der Waals surface area contributed by atoms with Gasteiger partial charge in [0.1, 0.15) is 6.10 Å². The Morgan fingerprint density at radius 3 is 2.47 bits per heavy atom. The predicted octanol–water partition coefficient (Wildman–Crippen LogP) is 2.83. The van der Waals surface area contributed by atoms with Gasteiger partial charge in [0, 0.05) is 17.1 Å². The molecule has 1 aromatic carbocycles. The summed E-state index contributed by atoms with van der Waals surface area (Å²) in [6, 6.07) is 8.00. The maximum atomic E-state index is 11.7. The van der Waals surface area contributed by atoms with Crippen molar-refractivity contribution in [2.24, 2.45) is 0 Å². The number of Topliss-reactive ketones (excluding diaryl/α,β-unsaturated/α-hetero) is 1.